The lowest BCUT2D eigenvalue weighted by Crippen LogP contribution is -2.17. The minimum atomic E-state index is -4.72. The van der Waals surface area contributed by atoms with E-state index in [-0.39, 0.29) is 34.0 Å². The molecule has 30 heavy (non-hydrogen) atoms. The van der Waals surface area contributed by atoms with Crippen LogP contribution in [0.15, 0.2) is 61.2 Å². The van der Waals surface area contributed by atoms with Gasteiger partial charge in [0.05, 0.1) is 5.33 Å². The number of benzene rings is 2. The fraction of sp³-hybridized carbons (Fsp3) is 0.158. The van der Waals surface area contributed by atoms with Crippen LogP contribution >= 0.6 is 15.9 Å². The predicted octanol–water partition coefficient (Wildman–Crippen LogP) is 6.12. The molecule has 0 spiro atoms. The molecule has 0 aromatic heterocycles. The lowest BCUT2D eigenvalue weighted by molar-refractivity contribution is -0.275. The van der Waals surface area contributed by atoms with Crippen LogP contribution in [0.25, 0.3) is 0 Å². The van der Waals surface area contributed by atoms with Crippen LogP contribution in [0.2, 0.25) is 0 Å². The van der Waals surface area contributed by atoms with Crippen LogP contribution in [0.1, 0.15) is 20.7 Å². The van der Waals surface area contributed by atoms with Crippen LogP contribution in [0, 0.1) is 0 Å². The molecule has 0 aliphatic heterocycles. The van der Waals surface area contributed by atoms with Crippen LogP contribution in [-0.4, -0.2) is 29.6 Å². The lowest BCUT2D eigenvalue weighted by atomic mass is 10.1. The Hall–Kier alpha value is -2.82. The van der Waals surface area contributed by atoms with Gasteiger partial charge in [-0.3, -0.25) is 9.59 Å². The summed E-state index contributed by atoms with van der Waals surface area (Å²) in [5, 5.41) is 0.131. The molecule has 4 nitrogen and oxygen atoms in total. The van der Waals surface area contributed by atoms with E-state index in [1.54, 1.807) is 0 Å². The van der Waals surface area contributed by atoms with Crippen molar-refractivity contribution in [2.75, 3.05) is 5.33 Å². The molecule has 11 heteroatoms. The van der Waals surface area contributed by atoms with Gasteiger partial charge in [-0.2, -0.15) is 0 Å². The Morgan fingerprint density at radius 2 is 1.17 bits per heavy atom. The minimum absolute atomic E-state index is 0.131. The van der Waals surface area contributed by atoms with Gasteiger partial charge in [0.1, 0.15) is 11.5 Å². The number of alkyl halides is 7. The molecule has 0 aliphatic rings. The largest absolute Gasteiger partial charge is 0.573 e. The highest BCUT2D eigenvalue weighted by Gasteiger charge is 2.31. The number of halogens is 7. The molecule has 0 N–H and O–H groups in total. The molecule has 2 aromatic rings. The SMILES string of the molecule is C=CC(=O)c1ccc(OC(F)(F)F)cc1.O=C(CBr)c1ccc(OC(F)(F)F)cc1. The molecule has 0 atom stereocenters. The highest BCUT2D eigenvalue weighted by molar-refractivity contribution is 9.09. The number of rotatable bonds is 6. The maximum Gasteiger partial charge on any atom is 0.573 e. The molecule has 0 heterocycles. The summed E-state index contributed by atoms with van der Waals surface area (Å²) in [4.78, 5) is 22.1. The Bertz CT molecular complexity index is 859. The lowest BCUT2D eigenvalue weighted by Gasteiger charge is -2.08. The zero-order chi connectivity index (χ0) is 22.9. The van der Waals surface area contributed by atoms with Crippen molar-refractivity contribution in [1.29, 1.82) is 0 Å². The Labute approximate surface area is 175 Å². The molecule has 2 rings (SSSR count). The smallest absolute Gasteiger partial charge is 0.406 e. The van der Waals surface area contributed by atoms with E-state index in [0.717, 1.165) is 30.3 Å². The predicted molar refractivity (Wildman–Crippen MR) is 98.9 cm³/mol. The minimum Gasteiger partial charge on any atom is -0.406 e. The molecule has 0 radical (unpaired) electrons. The van der Waals surface area contributed by atoms with Crippen molar-refractivity contribution in [3.8, 4) is 11.5 Å². The van der Waals surface area contributed by atoms with E-state index < -0.39 is 12.7 Å². The number of hydrogen-bond acceptors (Lipinski definition) is 4. The van der Waals surface area contributed by atoms with Crippen LogP contribution in [0.5, 0.6) is 11.5 Å². The molecule has 0 bridgehead atoms. The molecule has 162 valence electrons. The average molecular weight is 499 g/mol. The summed E-state index contributed by atoms with van der Waals surface area (Å²) in [7, 11) is 0. The van der Waals surface area contributed by atoms with E-state index in [1.807, 2.05) is 0 Å². The first-order valence-corrected chi connectivity index (χ1v) is 8.94. The highest BCUT2D eigenvalue weighted by atomic mass is 79.9. The Kier molecular flexibility index (Phi) is 9.09. The molecule has 0 saturated heterocycles. The summed E-state index contributed by atoms with van der Waals surface area (Å²) in [5.74, 6) is -1.25. The van der Waals surface area contributed by atoms with E-state index in [4.69, 9.17) is 0 Å². The summed E-state index contributed by atoms with van der Waals surface area (Å²) >= 11 is 2.96. The highest BCUT2D eigenvalue weighted by Crippen LogP contribution is 2.23. The zero-order valence-corrected chi connectivity index (χ0v) is 16.5. The molecule has 0 aliphatic carbocycles. The fourth-order valence-electron chi connectivity index (χ4n) is 1.86. The third kappa shape index (κ3) is 9.59. The Morgan fingerprint density at radius 1 is 0.800 bits per heavy atom. The van der Waals surface area contributed by atoms with Gasteiger partial charge in [-0.15, -0.1) is 26.3 Å². The number of ether oxygens (including phenoxy) is 2. The van der Waals surface area contributed by atoms with Crippen LogP contribution in [0.4, 0.5) is 26.3 Å². The summed E-state index contributed by atoms with van der Waals surface area (Å²) in [6.45, 7) is 3.26. The van der Waals surface area contributed by atoms with Gasteiger partial charge in [-0.1, -0.05) is 22.5 Å². The first kappa shape index (κ1) is 25.2. The molecular formula is C19H13BrF6O4. The number of carbonyl (C=O) groups excluding carboxylic acids is 2. The fourth-order valence-corrected chi connectivity index (χ4v) is 2.18. The number of allylic oxidation sites excluding steroid dienone is 1. The van der Waals surface area contributed by atoms with Crippen molar-refractivity contribution in [2.24, 2.45) is 0 Å². The number of carbonyl (C=O) groups is 2. The van der Waals surface area contributed by atoms with Gasteiger partial charge in [0.15, 0.2) is 11.6 Å². The monoisotopic (exact) mass is 498 g/mol. The second-order valence-corrected chi connectivity index (χ2v) is 5.83. The van der Waals surface area contributed by atoms with E-state index in [2.05, 4.69) is 32.0 Å². The van der Waals surface area contributed by atoms with Gasteiger partial charge in [-0.05, 0) is 54.6 Å². The second-order valence-electron chi connectivity index (χ2n) is 5.27. The van der Waals surface area contributed by atoms with Crippen molar-refractivity contribution in [3.63, 3.8) is 0 Å². The number of ketones is 2. The average Bonchev–Trinajstić information content (AvgIpc) is 2.66. The van der Waals surface area contributed by atoms with Gasteiger partial charge in [0, 0.05) is 11.1 Å². The molecule has 0 unspecified atom stereocenters. The Balaban J connectivity index is 0.000000300. The first-order chi connectivity index (χ1) is 13.8. The summed E-state index contributed by atoms with van der Waals surface area (Å²) < 4.78 is 77.9. The van der Waals surface area contributed by atoms with Gasteiger partial charge < -0.3 is 9.47 Å². The van der Waals surface area contributed by atoms with E-state index in [9.17, 15) is 35.9 Å². The van der Waals surface area contributed by atoms with Crippen LogP contribution < -0.4 is 9.47 Å². The molecule has 0 saturated carbocycles. The number of Topliss-reactive ketones (excluding diaryl/α,β-unsaturated/α-hetero) is 1. The van der Waals surface area contributed by atoms with Crippen molar-refractivity contribution in [1.82, 2.24) is 0 Å². The van der Waals surface area contributed by atoms with E-state index in [1.165, 1.54) is 24.3 Å². The van der Waals surface area contributed by atoms with Crippen molar-refractivity contribution in [3.05, 3.63) is 72.3 Å². The van der Waals surface area contributed by atoms with Crippen LogP contribution in [-0.2, 0) is 0 Å². The first-order valence-electron chi connectivity index (χ1n) is 7.82. The molecule has 0 fully saturated rings. The third-order valence-corrected chi connectivity index (χ3v) is 3.60. The summed E-state index contributed by atoms with van der Waals surface area (Å²) in [6, 6.07) is 9.40. The van der Waals surface area contributed by atoms with E-state index in [0.29, 0.717) is 5.56 Å². The van der Waals surface area contributed by atoms with Crippen molar-refractivity contribution < 1.29 is 45.4 Å². The standard InChI is InChI=1S/C10H7F3O2.C9H6BrF3O2/c1-2-9(14)7-3-5-8(6-4-7)15-10(11,12)13;10-5-8(14)6-1-3-7(4-2-6)15-9(11,12)13/h2-6H,1H2;1-4H,5H2. The quantitative estimate of drug-likeness (QED) is 0.208. The van der Waals surface area contributed by atoms with Gasteiger partial charge in [0.25, 0.3) is 0 Å². The Morgan fingerprint density at radius 3 is 1.47 bits per heavy atom. The maximum atomic E-state index is 11.8. The second kappa shape index (κ2) is 10.8. The van der Waals surface area contributed by atoms with Gasteiger partial charge in [0.2, 0.25) is 0 Å². The van der Waals surface area contributed by atoms with E-state index >= 15 is 0 Å². The van der Waals surface area contributed by atoms with Crippen molar-refractivity contribution in [2.45, 2.75) is 12.7 Å². The van der Waals surface area contributed by atoms with Crippen molar-refractivity contribution >= 4 is 27.5 Å². The molecular weight excluding hydrogens is 486 g/mol. The maximum absolute atomic E-state index is 11.8. The van der Waals surface area contributed by atoms with Gasteiger partial charge in [-0.25, -0.2) is 0 Å². The third-order valence-electron chi connectivity index (χ3n) is 3.09. The summed E-state index contributed by atoms with van der Waals surface area (Å²) in [5.41, 5.74) is 0.598. The summed E-state index contributed by atoms with van der Waals surface area (Å²) in [6.07, 6.45) is -8.34. The zero-order valence-electron chi connectivity index (χ0n) is 14.9. The molecule has 0 amide bonds. The normalized spacial score (nSPS) is 11.0. The van der Waals surface area contributed by atoms with Gasteiger partial charge >= 0.3 is 12.7 Å². The molecule has 2 aromatic carbocycles. The topological polar surface area (TPSA) is 52.6 Å². The number of hydrogen-bond donors (Lipinski definition) is 0. The van der Waals surface area contributed by atoms with Crippen LogP contribution in [0.3, 0.4) is 0 Å².